The van der Waals surface area contributed by atoms with Crippen LogP contribution in [0.1, 0.15) is 42.0 Å². The van der Waals surface area contributed by atoms with Gasteiger partial charge in [0.15, 0.2) is 5.13 Å². The molecule has 0 saturated heterocycles. The number of anilines is 3. The summed E-state index contributed by atoms with van der Waals surface area (Å²) in [5.41, 5.74) is 2.96. The molecule has 10 nitrogen and oxygen atoms in total. The van der Waals surface area contributed by atoms with E-state index in [1.54, 1.807) is 10.9 Å². The van der Waals surface area contributed by atoms with E-state index in [-0.39, 0.29) is 17.9 Å². The molecule has 0 radical (unpaired) electrons. The van der Waals surface area contributed by atoms with Crippen LogP contribution in [0.2, 0.25) is 0 Å². The van der Waals surface area contributed by atoms with Crippen LogP contribution in [0.5, 0.6) is 0 Å². The molecule has 0 aliphatic rings. The number of amides is 2. The second kappa shape index (κ2) is 9.10. The molecule has 0 spiro atoms. The van der Waals surface area contributed by atoms with Crippen LogP contribution in [0, 0.1) is 0 Å². The number of thiazole rings is 1. The fourth-order valence-electron chi connectivity index (χ4n) is 3.05. The van der Waals surface area contributed by atoms with Crippen molar-refractivity contribution in [2.45, 2.75) is 33.4 Å². The highest BCUT2D eigenvalue weighted by Crippen LogP contribution is 2.23. The van der Waals surface area contributed by atoms with E-state index in [0.29, 0.717) is 27.2 Å². The molecule has 0 unspecified atom stereocenters. The highest BCUT2D eigenvalue weighted by Gasteiger charge is 2.13. The van der Waals surface area contributed by atoms with Crippen molar-refractivity contribution in [2.24, 2.45) is 0 Å². The third-order valence-corrected chi connectivity index (χ3v) is 5.53. The van der Waals surface area contributed by atoms with Gasteiger partial charge in [0.2, 0.25) is 11.6 Å². The van der Waals surface area contributed by atoms with E-state index in [9.17, 15) is 9.59 Å². The van der Waals surface area contributed by atoms with Gasteiger partial charge in [-0.1, -0.05) is 23.5 Å². The molecule has 1 atom stereocenters. The minimum Gasteiger partial charge on any atom is -0.362 e. The van der Waals surface area contributed by atoms with Crippen LogP contribution in [-0.2, 0) is 11.3 Å². The quantitative estimate of drug-likeness (QED) is 0.392. The maximum absolute atomic E-state index is 12.5. The zero-order valence-corrected chi connectivity index (χ0v) is 18.6. The molecule has 0 saturated carbocycles. The van der Waals surface area contributed by atoms with Crippen LogP contribution in [0.4, 0.5) is 16.6 Å². The molecule has 4 rings (SSSR count). The van der Waals surface area contributed by atoms with Gasteiger partial charge in [0.25, 0.3) is 5.91 Å². The van der Waals surface area contributed by atoms with Crippen molar-refractivity contribution < 1.29 is 9.59 Å². The Morgan fingerprint density at radius 1 is 1.19 bits per heavy atom. The van der Waals surface area contributed by atoms with Gasteiger partial charge in [0.05, 0.1) is 24.6 Å². The minimum absolute atomic E-state index is 0.0818. The second-order valence-corrected chi connectivity index (χ2v) is 8.14. The van der Waals surface area contributed by atoms with Crippen molar-refractivity contribution >= 4 is 51.0 Å². The van der Waals surface area contributed by atoms with Crippen molar-refractivity contribution in [1.82, 2.24) is 24.7 Å². The fraction of sp³-hybridized carbons (Fsp3) is 0.238. The number of hydrogen-bond donors (Lipinski definition) is 3. The number of rotatable bonds is 7. The first-order valence-corrected chi connectivity index (χ1v) is 10.8. The highest BCUT2D eigenvalue weighted by molar-refractivity contribution is 7.17. The van der Waals surface area contributed by atoms with Crippen LogP contribution in [0.3, 0.4) is 0 Å². The van der Waals surface area contributed by atoms with Gasteiger partial charge in [-0.05, 0) is 31.5 Å². The van der Waals surface area contributed by atoms with Gasteiger partial charge in [-0.3, -0.25) is 14.3 Å². The summed E-state index contributed by atoms with van der Waals surface area (Å²) < 4.78 is 1.80. The summed E-state index contributed by atoms with van der Waals surface area (Å²) in [5.74, 6) is 0.0960. The third-order valence-electron chi connectivity index (χ3n) is 4.62. The largest absolute Gasteiger partial charge is 0.362 e. The smallest absolute Gasteiger partial charge is 0.267 e. The van der Waals surface area contributed by atoms with Crippen molar-refractivity contribution in [3.05, 3.63) is 53.3 Å². The zero-order valence-electron chi connectivity index (χ0n) is 17.8. The Hall–Kier alpha value is -3.86. The van der Waals surface area contributed by atoms with E-state index in [1.807, 2.05) is 44.3 Å². The van der Waals surface area contributed by atoms with Gasteiger partial charge < -0.3 is 16.0 Å². The summed E-state index contributed by atoms with van der Waals surface area (Å²) in [6.07, 6.45) is 4.99. The molecule has 164 valence electrons. The number of nitrogens with zero attached hydrogens (tertiary/aromatic N) is 5. The van der Waals surface area contributed by atoms with Gasteiger partial charge in [-0.2, -0.15) is 5.10 Å². The number of carbonyl (C=O) groups is 2. The van der Waals surface area contributed by atoms with Crippen molar-refractivity contribution in [3.8, 4) is 0 Å². The number of benzene rings is 1. The Kier molecular flexibility index (Phi) is 6.08. The molecule has 0 fully saturated rings. The lowest BCUT2D eigenvalue weighted by molar-refractivity contribution is -0.114. The Balaban J connectivity index is 1.44. The van der Waals surface area contributed by atoms with Crippen molar-refractivity contribution in [1.29, 1.82) is 0 Å². The van der Waals surface area contributed by atoms with Crippen LogP contribution in [0.15, 0.2) is 42.9 Å². The Labute approximate surface area is 188 Å². The average Bonchev–Trinajstić information content (AvgIpc) is 3.40. The molecule has 0 aliphatic carbocycles. The van der Waals surface area contributed by atoms with E-state index in [2.05, 4.69) is 36.0 Å². The fourth-order valence-corrected chi connectivity index (χ4v) is 3.81. The van der Waals surface area contributed by atoms with Gasteiger partial charge >= 0.3 is 0 Å². The van der Waals surface area contributed by atoms with Crippen LogP contribution >= 0.6 is 11.3 Å². The summed E-state index contributed by atoms with van der Waals surface area (Å²) >= 11 is 1.11. The molecule has 0 bridgehead atoms. The van der Waals surface area contributed by atoms with E-state index in [4.69, 9.17) is 0 Å². The molecule has 3 N–H and O–H groups in total. The average molecular weight is 451 g/mol. The molecule has 3 heterocycles. The maximum Gasteiger partial charge on any atom is 0.267 e. The van der Waals surface area contributed by atoms with Crippen LogP contribution < -0.4 is 16.0 Å². The first-order chi connectivity index (χ1) is 15.4. The van der Waals surface area contributed by atoms with E-state index >= 15 is 0 Å². The van der Waals surface area contributed by atoms with E-state index in [0.717, 1.165) is 29.0 Å². The SMILES string of the molecule is CCn1cc2ncc(N[C@@H](C)c3cccc(NC(=O)c4cnc(NC(C)=O)s4)c3)nc2n1. The lowest BCUT2D eigenvalue weighted by atomic mass is 10.1. The summed E-state index contributed by atoms with van der Waals surface area (Å²) in [7, 11) is 0. The lowest BCUT2D eigenvalue weighted by Crippen LogP contribution is -2.12. The minimum atomic E-state index is -0.292. The zero-order chi connectivity index (χ0) is 22.7. The monoisotopic (exact) mass is 450 g/mol. The van der Waals surface area contributed by atoms with Gasteiger partial charge in [-0.15, -0.1) is 0 Å². The number of hydrogen-bond acceptors (Lipinski definition) is 8. The van der Waals surface area contributed by atoms with Crippen molar-refractivity contribution in [2.75, 3.05) is 16.0 Å². The predicted octanol–water partition coefficient (Wildman–Crippen LogP) is 3.69. The lowest BCUT2D eigenvalue weighted by Gasteiger charge is -2.16. The topological polar surface area (TPSA) is 127 Å². The molecule has 3 aromatic heterocycles. The summed E-state index contributed by atoms with van der Waals surface area (Å²) in [5, 5.41) is 13.5. The number of fused-ring (bicyclic) bond motifs is 1. The summed E-state index contributed by atoms with van der Waals surface area (Å²) in [6.45, 7) is 6.16. The molecule has 2 amide bonds. The number of nitrogens with one attached hydrogen (secondary N) is 3. The molecular formula is C21H22N8O2S. The van der Waals surface area contributed by atoms with Crippen LogP contribution in [0.25, 0.3) is 11.2 Å². The number of aromatic nitrogens is 5. The third kappa shape index (κ3) is 4.89. The highest BCUT2D eigenvalue weighted by atomic mass is 32.1. The van der Waals surface area contributed by atoms with Crippen LogP contribution in [-0.4, -0.2) is 36.5 Å². The normalized spacial score (nSPS) is 11.8. The molecule has 0 aliphatic heterocycles. The van der Waals surface area contributed by atoms with E-state index in [1.165, 1.54) is 13.1 Å². The standard InChI is InChI=1S/C21H22N8O2S/c1-4-29-11-16-19(28-29)27-18(10-22-16)24-12(2)14-6-5-7-15(8-14)26-20(31)17-9-23-21(32-17)25-13(3)30/h5-12H,4H2,1-3H3,(H,26,31)(H,23,25,30)(H,24,27,28)/t12-/m0/s1. The number of carbonyl (C=O) groups excluding carboxylic acids is 2. The van der Waals surface area contributed by atoms with Gasteiger partial charge in [0, 0.05) is 19.2 Å². The first kappa shape index (κ1) is 21.4. The summed E-state index contributed by atoms with van der Waals surface area (Å²) in [4.78, 5) is 37.1. The Morgan fingerprint density at radius 2 is 2.03 bits per heavy atom. The molecule has 4 aromatic rings. The predicted molar refractivity (Wildman–Crippen MR) is 124 cm³/mol. The van der Waals surface area contributed by atoms with Gasteiger partial charge in [-0.25, -0.2) is 15.0 Å². The number of aryl methyl sites for hydroxylation is 1. The molecular weight excluding hydrogens is 428 g/mol. The maximum atomic E-state index is 12.5. The Morgan fingerprint density at radius 3 is 2.81 bits per heavy atom. The van der Waals surface area contributed by atoms with Crippen molar-refractivity contribution in [3.63, 3.8) is 0 Å². The van der Waals surface area contributed by atoms with Gasteiger partial charge in [0.1, 0.15) is 16.2 Å². The molecule has 32 heavy (non-hydrogen) atoms. The molecule has 1 aromatic carbocycles. The van der Waals surface area contributed by atoms with E-state index < -0.39 is 0 Å². The molecule has 11 heteroatoms. The Bertz CT molecular complexity index is 1280. The summed E-state index contributed by atoms with van der Waals surface area (Å²) in [6, 6.07) is 7.46. The first-order valence-electron chi connectivity index (χ1n) is 10.0. The second-order valence-electron chi connectivity index (χ2n) is 7.11.